The van der Waals surface area contributed by atoms with Crippen LogP contribution in [0.5, 0.6) is 0 Å². The van der Waals surface area contributed by atoms with Crippen molar-refractivity contribution in [3.8, 4) is 0 Å². The summed E-state index contributed by atoms with van der Waals surface area (Å²) in [5.41, 5.74) is 0. The quantitative estimate of drug-likeness (QED) is 0.614. The molecule has 0 aromatic carbocycles. The molecule has 0 saturated carbocycles. The van der Waals surface area contributed by atoms with Crippen LogP contribution in [0.25, 0.3) is 0 Å². The van der Waals surface area contributed by atoms with Crippen LogP contribution in [0.4, 0.5) is 0 Å². The maximum absolute atomic E-state index is 7.62. The molecular formula is C2H6O2Y2. The van der Waals surface area contributed by atoms with Crippen LogP contribution in [0.3, 0.4) is 0 Å². The fourth-order valence-corrected chi connectivity index (χ4v) is 0. The van der Waals surface area contributed by atoms with Crippen LogP contribution < -0.4 is 0 Å². The molecule has 2 radical (unpaired) electrons. The van der Waals surface area contributed by atoms with Crippen molar-refractivity contribution in [2.45, 2.75) is 0 Å². The molecule has 0 atom stereocenters. The zero-order valence-electron chi connectivity index (χ0n) is 3.46. The van der Waals surface area contributed by atoms with Crippen molar-refractivity contribution < 1.29 is 75.6 Å². The summed E-state index contributed by atoms with van der Waals surface area (Å²) in [4.78, 5) is 0. The van der Waals surface area contributed by atoms with Crippen molar-refractivity contribution >= 4 is 0 Å². The number of aliphatic hydroxyl groups is 2. The minimum absolute atomic E-state index is 0. The summed E-state index contributed by atoms with van der Waals surface area (Å²) in [6.07, 6.45) is 0. The van der Waals surface area contributed by atoms with Crippen molar-refractivity contribution in [3.05, 3.63) is 0 Å². The van der Waals surface area contributed by atoms with Gasteiger partial charge in [-0.2, -0.15) is 0 Å². The second kappa shape index (κ2) is 15.7. The molecule has 6 heavy (non-hydrogen) atoms. The molecule has 0 saturated heterocycles. The first-order valence-electron chi connectivity index (χ1n) is 1.13. The first-order valence-corrected chi connectivity index (χ1v) is 1.13. The van der Waals surface area contributed by atoms with Gasteiger partial charge in [0.05, 0.1) is 13.2 Å². The van der Waals surface area contributed by atoms with Gasteiger partial charge in [-0.05, 0) is 0 Å². The summed E-state index contributed by atoms with van der Waals surface area (Å²) in [7, 11) is 0. The van der Waals surface area contributed by atoms with Gasteiger partial charge in [0.2, 0.25) is 0 Å². The first-order chi connectivity index (χ1) is 1.91. The van der Waals surface area contributed by atoms with E-state index < -0.39 is 0 Å². The van der Waals surface area contributed by atoms with Crippen molar-refractivity contribution in [3.63, 3.8) is 0 Å². The van der Waals surface area contributed by atoms with Crippen LogP contribution in [-0.2, 0) is 65.4 Å². The molecule has 0 fully saturated rings. The average molecular weight is 240 g/mol. The normalized spacial score (nSPS) is 5.00. The van der Waals surface area contributed by atoms with Crippen LogP contribution >= 0.6 is 0 Å². The molecule has 0 aromatic rings. The van der Waals surface area contributed by atoms with Gasteiger partial charge < -0.3 is 10.2 Å². The summed E-state index contributed by atoms with van der Waals surface area (Å²) >= 11 is 0. The molecule has 0 unspecified atom stereocenters. The predicted octanol–water partition coefficient (Wildman–Crippen LogP) is -1.03. The van der Waals surface area contributed by atoms with Crippen molar-refractivity contribution in [1.82, 2.24) is 0 Å². The molecule has 4 heteroatoms. The smallest absolute Gasteiger partial charge is 0.0662 e. The van der Waals surface area contributed by atoms with E-state index >= 15 is 0 Å². The van der Waals surface area contributed by atoms with Crippen molar-refractivity contribution in [1.29, 1.82) is 0 Å². The summed E-state index contributed by atoms with van der Waals surface area (Å²) in [5, 5.41) is 15.2. The maximum Gasteiger partial charge on any atom is 0.0662 e. The van der Waals surface area contributed by atoms with E-state index in [-0.39, 0.29) is 78.6 Å². The largest absolute Gasteiger partial charge is 0.394 e. The van der Waals surface area contributed by atoms with E-state index in [1.807, 2.05) is 0 Å². The van der Waals surface area contributed by atoms with E-state index in [4.69, 9.17) is 10.2 Å². The summed E-state index contributed by atoms with van der Waals surface area (Å²) < 4.78 is 0. The standard InChI is InChI=1S/C2H6O2.2Y/c3-1-2-4;;/h3-4H,1-2H2;;. The summed E-state index contributed by atoms with van der Waals surface area (Å²) in [6.45, 7) is -0.250. The van der Waals surface area contributed by atoms with Crippen molar-refractivity contribution in [2.24, 2.45) is 0 Å². The SMILES string of the molecule is OCCO.[Y].[Y]. The molecule has 2 N–H and O–H groups in total. The molecule has 2 nitrogen and oxygen atoms in total. The van der Waals surface area contributed by atoms with Gasteiger partial charge in [-0.1, -0.05) is 0 Å². The maximum atomic E-state index is 7.62. The zero-order valence-corrected chi connectivity index (χ0v) is 9.14. The van der Waals surface area contributed by atoms with Crippen LogP contribution in [0.2, 0.25) is 0 Å². The Bertz CT molecular complexity index is 11.5. The molecule has 0 aromatic heterocycles. The molecule has 32 valence electrons. The van der Waals surface area contributed by atoms with Gasteiger partial charge in [0, 0.05) is 65.4 Å². The fraction of sp³-hybridized carbons (Fsp3) is 1.00. The minimum Gasteiger partial charge on any atom is -0.394 e. The van der Waals surface area contributed by atoms with E-state index in [2.05, 4.69) is 0 Å². The third-order valence-electron chi connectivity index (χ3n) is 0.1000. The van der Waals surface area contributed by atoms with Gasteiger partial charge in [-0.15, -0.1) is 0 Å². The van der Waals surface area contributed by atoms with Crippen LogP contribution in [0, 0.1) is 0 Å². The zero-order chi connectivity index (χ0) is 3.41. The number of rotatable bonds is 1. The third-order valence-corrected chi connectivity index (χ3v) is 0.1000. The van der Waals surface area contributed by atoms with Gasteiger partial charge >= 0.3 is 0 Å². The molecule has 0 heterocycles. The molecule has 0 spiro atoms. The number of hydrogen-bond donors (Lipinski definition) is 2. The first kappa shape index (κ1) is 15.7. The minimum atomic E-state index is -0.125. The molecule has 0 aliphatic rings. The van der Waals surface area contributed by atoms with Gasteiger partial charge in [-0.3, -0.25) is 0 Å². The second-order valence-corrected chi connectivity index (χ2v) is 0.447. The molecule has 0 amide bonds. The van der Waals surface area contributed by atoms with E-state index in [0.717, 1.165) is 0 Å². The Morgan fingerprint density at radius 2 is 1.00 bits per heavy atom. The predicted molar refractivity (Wildman–Crippen MR) is 14.2 cm³/mol. The van der Waals surface area contributed by atoms with Gasteiger partial charge in [0.25, 0.3) is 0 Å². The van der Waals surface area contributed by atoms with Gasteiger partial charge in [0.15, 0.2) is 0 Å². The van der Waals surface area contributed by atoms with E-state index in [1.165, 1.54) is 0 Å². The number of aliphatic hydroxyl groups excluding tert-OH is 2. The Kier molecular flexibility index (Phi) is 41.1. The Balaban J connectivity index is -0.0000000450. The molecule has 0 aliphatic heterocycles. The van der Waals surface area contributed by atoms with E-state index in [9.17, 15) is 0 Å². The summed E-state index contributed by atoms with van der Waals surface area (Å²) in [5.74, 6) is 0. The molecule has 0 rings (SSSR count). The second-order valence-electron chi connectivity index (χ2n) is 0.447. The molecule has 0 aliphatic carbocycles. The number of hydrogen-bond acceptors (Lipinski definition) is 2. The van der Waals surface area contributed by atoms with E-state index in [0.29, 0.717) is 0 Å². The van der Waals surface area contributed by atoms with Crippen LogP contribution in [0.1, 0.15) is 0 Å². The molecular weight excluding hydrogens is 234 g/mol. The van der Waals surface area contributed by atoms with Crippen molar-refractivity contribution in [2.75, 3.05) is 13.2 Å². The Labute approximate surface area is 87.5 Å². The average Bonchev–Trinajstić information content (AvgIpc) is 1.37. The fourth-order valence-electron chi connectivity index (χ4n) is 0. The Hall–Kier alpha value is 2.13. The van der Waals surface area contributed by atoms with E-state index in [1.54, 1.807) is 0 Å². The Morgan fingerprint density at radius 3 is 1.00 bits per heavy atom. The molecule has 0 bridgehead atoms. The third kappa shape index (κ3) is 16.5. The van der Waals surface area contributed by atoms with Crippen LogP contribution in [-0.4, -0.2) is 23.4 Å². The Morgan fingerprint density at radius 1 is 0.833 bits per heavy atom. The summed E-state index contributed by atoms with van der Waals surface area (Å²) in [6, 6.07) is 0. The topological polar surface area (TPSA) is 40.5 Å². The van der Waals surface area contributed by atoms with Gasteiger partial charge in [0.1, 0.15) is 0 Å². The monoisotopic (exact) mass is 240 g/mol. The van der Waals surface area contributed by atoms with Crippen LogP contribution in [0.15, 0.2) is 0 Å². The van der Waals surface area contributed by atoms with Gasteiger partial charge in [-0.25, -0.2) is 0 Å².